The van der Waals surface area contributed by atoms with E-state index < -0.39 is 11.6 Å². The fraction of sp³-hybridized carbons (Fsp3) is 0.176. The molecule has 23 heavy (non-hydrogen) atoms. The molecule has 120 valence electrons. The Hall–Kier alpha value is -2.76. The molecule has 0 radical (unpaired) electrons. The van der Waals surface area contributed by atoms with E-state index in [1.165, 1.54) is 13.0 Å². The number of carbonyl (C=O) groups is 2. The Morgan fingerprint density at radius 2 is 1.78 bits per heavy atom. The van der Waals surface area contributed by atoms with Crippen molar-refractivity contribution in [2.75, 3.05) is 17.2 Å². The van der Waals surface area contributed by atoms with Crippen molar-refractivity contribution < 1.29 is 18.4 Å². The minimum atomic E-state index is -1.01. The number of hydrogen-bond acceptors (Lipinski definition) is 3. The standard InChI is InChI=1S/C17H16F2N2O2/c1-11(22)12-3-2-4-13(9-12)20-8-7-17(23)21-14-5-6-15(18)16(19)10-14/h2-6,9-10,20H,7-8H2,1H3,(H,21,23). The fourth-order valence-corrected chi connectivity index (χ4v) is 1.97. The van der Waals surface area contributed by atoms with Crippen molar-refractivity contribution in [3.63, 3.8) is 0 Å². The molecule has 0 fully saturated rings. The number of Topliss-reactive ketones (excluding diaryl/α,β-unsaturated/α-hetero) is 1. The van der Waals surface area contributed by atoms with Crippen LogP contribution >= 0.6 is 0 Å². The normalized spacial score (nSPS) is 10.2. The summed E-state index contributed by atoms with van der Waals surface area (Å²) in [4.78, 5) is 23.0. The number of benzene rings is 2. The summed E-state index contributed by atoms with van der Waals surface area (Å²) in [7, 11) is 0. The van der Waals surface area contributed by atoms with Crippen LogP contribution in [0, 0.1) is 11.6 Å². The molecular weight excluding hydrogens is 302 g/mol. The second kappa shape index (κ2) is 7.49. The molecule has 1 amide bonds. The second-order valence-electron chi connectivity index (χ2n) is 4.99. The lowest BCUT2D eigenvalue weighted by molar-refractivity contribution is -0.115. The molecule has 6 heteroatoms. The van der Waals surface area contributed by atoms with E-state index in [2.05, 4.69) is 10.6 Å². The zero-order chi connectivity index (χ0) is 16.8. The molecule has 2 aromatic rings. The van der Waals surface area contributed by atoms with Gasteiger partial charge < -0.3 is 10.6 Å². The number of carbonyl (C=O) groups excluding carboxylic acids is 2. The largest absolute Gasteiger partial charge is 0.385 e. The van der Waals surface area contributed by atoms with E-state index in [1.54, 1.807) is 24.3 Å². The maximum Gasteiger partial charge on any atom is 0.226 e. The van der Waals surface area contributed by atoms with E-state index >= 15 is 0 Å². The average molecular weight is 318 g/mol. The van der Waals surface area contributed by atoms with E-state index in [0.29, 0.717) is 12.1 Å². The van der Waals surface area contributed by atoms with Gasteiger partial charge in [-0.1, -0.05) is 12.1 Å². The van der Waals surface area contributed by atoms with Gasteiger partial charge >= 0.3 is 0 Å². The van der Waals surface area contributed by atoms with Crippen molar-refractivity contribution in [2.45, 2.75) is 13.3 Å². The summed E-state index contributed by atoms with van der Waals surface area (Å²) < 4.78 is 25.8. The predicted molar refractivity (Wildman–Crippen MR) is 84.5 cm³/mol. The Labute approximate surface area is 132 Å². The Bertz CT molecular complexity index is 732. The van der Waals surface area contributed by atoms with E-state index in [0.717, 1.165) is 17.8 Å². The third kappa shape index (κ3) is 4.88. The summed E-state index contributed by atoms with van der Waals surface area (Å²) in [6.07, 6.45) is 0.142. The third-order valence-electron chi connectivity index (χ3n) is 3.15. The highest BCUT2D eigenvalue weighted by atomic mass is 19.2. The minimum absolute atomic E-state index is 0.0373. The number of anilines is 2. The summed E-state index contributed by atoms with van der Waals surface area (Å²) in [5.41, 5.74) is 1.52. The van der Waals surface area contributed by atoms with Gasteiger partial charge in [-0.2, -0.15) is 0 Å². The first-order valence-electron chi connectivity index (χ1n) is 7.05. The monoisotopic (exact) mass is 318 g/mol. The van der Waals surface area contributed by atoms with Gasteiger partial charge in [-0.15, -0.1) is 0 Å². The van der Waals surface area contributed by atoms with E-state index in [1.807, 2.05) is 0 Å². The van der Waals surface area contributed by atoms with Crippen molar-refractivity contribution in [2.24, 2.45) is 0 Å². The number of amides is 1. The van der Waals surface area contributed by atoms with Crippen LogP contribution in [0.4, 0.5) is 20.2 Å². The molecule has 0 aliphatic heterocycles. The number of halogens is 2. The zero-order valence-corrected chi connectivity index (χ0v) is 12.5. The van der Waals surface area contributed by atoms with Crippen LogP contribution in [0.1, 0.15) is 23.7 Å². The second-order valence-corrected chi connectivity index (χ2v) is 4.99. The van der Waals surface area contributed by atoms with Gasteiger partial charge in [0.15, 0.2) is 17.4 Å². The van der Waals surface area contributed by atoms with Crippen LogP contribution in [-0.4, -0.2) is 18.2 Å². The summed E-state index contributed by atoms with van der Waals surface area (Å²) >= 11 is 0. The third-order valence-corrected chi connectivity index (χ3v) is 3.15. The van der Waals surface area contributed by atoms with Crippen LogP contribution in [0.25, 0.3) is 0 Å². The first-order valence-corrected chi connectivity index (χ1v) is 7.05. The van der Waals surface area contributed by atoms with E-state index in [4.69, 9.17) is 0 Å². The lowest BCUT2D eigenvalue weighted by atomic mass is 10.1. The first kappa shape index (κ1) is 16.6. The fourth-order valence-electron chi connectivity index (χ4n) is 1.97. The van der Waals surface area contributed by atoms with Gasteiger partial charge in [0, 0.05) is 36.0 Å². The smallest absolute Gasteiger partial charge is 0.226 e. The van der Waals surface area contributed by atoms with Crippen LogP contribution in [-0.2, 0) is 4.79 Å². The molecule has 0 spiro atoms. The van der Waals surface area contributed by atoms with Crippen LogP contribution in [0.5, 0.6) is 0 Å². The van der Waals surface area contributed by atoms with Crippen molar-refractivity contribution in [1.82, 2.24) is 0 Å². The Morgan fingerprint density at radius 1 is 1.00 bits per heavy atom. The Balaban J connectivity index is 1.84. The maximum atomic E-state index is 13.0. The quantitative estimate of drug-likeness (QED) is 0.800. The molecular formula is C17H16F2N2O2. The van der Waals surface area contributed by atoms with Gasteiger partial charge in [0.2, 0.25) is 5.91 Å². The van der Waals surface area contributed by atoms with Crippen molar-refractivity contribution in [1.29, 1.82) is 0 Å². The topological polar surface area (TPSA) is 58.2 Å². The van der Waals surface area contributed by atoms with Gasteiger partial charge in [-0.3, -0.25) is 9.59 Å². The number of hydrogen-bond donors (Lipinski definition) is 2. The van der Waals surface area contributed by atoms with Crippen molar-refractivity contribution in [3.8, 4) is 0 Å². The van der Waals surface area contributed by atoms with Crippen LogP contribution in [0.3, 0.4) is 0 Å². The Kier molecular flexibility index (Phi) is 5.41. The molecule has 2 rings (SSSR count). The summed E-state index contributed by atoms with van der Waals surface area (Å²) in [5.74, 6) is -2.34. The lowest BCUT2D eigenvalue weighted by Gasteiger charge is -2.08. The maximum absolute atomic E-state index is 13.0. The molecule has 0 bridgehead atoms. The highest BCUT2D eigenvalue weighted by molar-refractivity contribution is 5.95. The molecule has 0 saturated heterocycles. The molecule has 0 saturated carbocycles. The van der Waals surface area contributed by atoms with Crippen molar-refractivity contribution >= 4 is 23.1 Å². The molecule has 0 aliphatic rings. The highest BCUT2D eigenvalue weighted by Crippen LogP contribution is 2.14. The highest BCUT2D eigenvalue weighted by Gasteiger charge is 2.06. The number of nitrogens with one attached hydrogen (secondary N) is 2. The van der Waals surface area contributed by atoms with Gasteiger partial charge in [0.1, 0.15) is 0 Å². The van der Waals surface area contributed by atoms with Crippen LogP contribution < -0.4 is 10.6 Å². The van der Waals surface area contributed by atoms with Crippen molar-refractivity contribution in [3.05, 3.63) is 59.7 Å². The Morgan fingerprint density at radius 3 is 2.48 bits per heavy atom. The molecule has 0 aromatic heterocycles. The van der Waals surface area contributed by atoms with Gasteiger partial charge in [0.25, 0.3) is 0 Å². The molecule has 4 nitrogen and oxygen atoms in total. The van der Waals surface area contributed by atoms with Crippen LogP contribution in [0.2, 0.25) is 0 Å². The van der Waals surface area contributed by atoms with Crippen LogP contribution in [0.15, 0.2) is 42.5 Å². The predicted octanol–water partition coefficient (Wildman–Crippen LogP) is 3.61. The molecule has 2 aromatic carbocycles. The molecule has 0 aliphatic carbocycles. The van der Waals surface area contributed by atoms with Gasteiger partial charge in [-0.25, -0.2) is 8.78 Å². The average Bonchev–Trinajstić information content (AvgIpc) is 2.51. The zero-order valence-electron chi connectivity index (χ0n) is 12.5. The van der Waals surface area contributed by atoms with Gasteiger partial charge in [0.05, 0.1) is 0 Å². The van der Waals surface area contributed by atoms with E-state index in [-0.39, 0.29) is 23.8 Å². The van der Waals surface area contributed by atoms with Gasteiger partial charge in [-0.05, 0) is 31.2 Å². The SMILES string of the molecule is CC(=O)c1cccc(NCCC(=O)Nc2ccc(F)c(F)c2)c1. The molecule has 0 unspecified atom stereocenters. The number of ketones is 1. The summed E-state index contributed by atoms with van der Waals surface area (Å²) in [5, 5.41) is 5.52. The lowest BCUT2D eigenvalue weighted by Crippen LogP contribution is -2.16. The summed E-state index contributed by atoms with van der Waals surface area (Å²) in [6.45, 7) is 1.82. The molecule has 0 atom stereocenters. The molecule has 2 N–H and O–H groups in total. The van der Waals surface area contributed by atoms with E-state index in [9.17, 15) is 18.4 Å². The summed E-state index contributed by atoms with van der Waals surface area (Å²) in [6, 6.07) is 10.1. The first-order chi connectivity index (χ1) is 11.0. The minimum Gasteiger partial charge on any atom is -0.385 e. The molecule has 0 heterocycles. The number of rotatable bonds is 6.